The van der Waals surface area contributed by atoms with E-state index in [4.69, 9.17) is 9.51 Å². The van der Waals surface area contributed by atoms with Gasteiger partial charge in [0, 0.05) is 36.0 Å². The number of amides is 1. The first-order valence-corrected chi connectivity index (χ1v) is 9.75. The molecule has 0 spiro atoms. The Balaban J connectivity index is 1.61. The van der Waals surface area contributed by atoms with Crippen LogP contribution in [0.25, 0.3) is 22.2 Å². The summed E-state index contributed by atoms with van der Waals surface area (Å²) in [5.41, 5.74) is 3.99. The van der Waals surface area contributed by atoms with E-state index >= 15 is 0 Å². The maximum Gasteiger partial charge on any atom is 0.255 e. The molecule has 29 heavy (non-hydrogen) atoms. The number of aromatic nitrogens is 3. The van der Waals surface area contributed by atoms with Crippen LogP contribution in [0.1, 0.15) is 40.7 Å². The van der Waals surface area contributed by atoms with Crippen molar-refractivity contribution in [1.29, 1.82) is 0 Å². The minimum absolute atomic E-state index is 0.00420. The van der Waals surface area contributed by atoms with Crippen LogP contribution in [0.4, 0.5) is 0 Å². The highest BCUT2D eigenvalue weighted by atomic mass is 16.5. The van der Waals surface area contributed by atoms with E-state index in [9.17, 15) is 4.79 Å². The zero-order valence-corrected chi connectivity index (χ0v) is 16.1. The fraction of sp³-hybridized carbons (Fsp3) is 0.217. The first-order valence-electron chi connectivity index (χ1n) is 9.75. The number of aryl methyl sites for hydroxylation is 1. The minimum Gasteiger partial charge on any atom is -0.359 e. The molecule has 0 saturated carbocycles. The summed E-state index contributed by atoms with van der Waals surface area (Å²) in [6.07, 6.45) is 5.28. The van der Waals surface area contributed by atoms with E-state index in [-0.39, 0.29) is 11.9 Å². The molecule has 1 fully saturated rings. The molecule has 0 N–H and O–H groups in total. The van der Waals surface area contributed by atoms with Crippen molar-refractivity contribution in [3.63, 3.8) is 0 Å². The topological polar surface area (TPSA) is 72.1 Å². The predicted octanol–water partition coefficient (Wildman–Crippen LogP) is 4.57. The van der Waals surface area contributed by atoms with Gasteiger partial charge in [-0.25, -0.2) is 4.98 Å². The van der Waals surface area contributed by atoms with Gasteiger partial charge in [0.15, 0.2) is 5.76 Å². The lowest BCUT2D eigenvalue weighted by Crippen LogP contribution is -2.30. The number of carbonyl (C=O) groups is 1. The molecular formula is C23H20N4O2. The second kappa shape index (κ2) is 7.13. The average Bonchev–Trinajstić information content (AvgIpc) is 3.42. The summed E-state index contributed by atoms with van der Waals surface area (Å²) in [6, 6.07) is 15.3. The molecule has 0 aliphatic carbocycles. The standard InChI is InChI=1S/C23H20N4O2/c1-15-13-22(29-26-15)21-7-4-12-27(21)23(28)18-14-20(16-8-10-24-11-9-16)25-19-6-3-2-5-17(18)19/h2-3,5-6,8-11,13-14,21H,4,7,12H2,1H3/t21-/m1/s1. The second-order valence-electron chi connectivity index (χ2n) is 7.34. The zero-order valence-electron chi connectivity index (χ0n) is 16.1. The number of fused-ring (bicyclic) bond motifs is 1. The lowest BCUT2D eigenvalue weighted by Gasteiger charge is -2.23. The second-order valence-corrected chi connectivity index (χ2v) is 7.34. The van der Waals surface area contributed by atoms with Crippen LogP contribution in [0.5, 0.6) is 0 Å². The molecule has 0 unspecified atom stereocenters. The summed E-state index contributed by atoms with van der Waals surface area (Å²) in [4.78, 5) is 24.4. The van der Waals surface area contributed by atoms with Gasteiger partial charge in [0.05, 0.1) is 28.5 Å². The van der Waals surface area contributed by atoms with Gasteiger partial charge in [0.25, 0.3) is 5.91 Å². The molecule has 5 rings (SSSR count). The van der Waals surface area contributed by atoms with E-state index in [2.05, 4.69) is 10.1 Å². The van der Waals surface area contributed by atoms with Crippen molar-refractivity contribution in [1.82, 2.24) is 20.0 Å². The summed E-state index contributed by atoms with van der Waals surface area (Å²) >= 11 is 0. The zero-order chi connectivity index (χ0) is 19.8. The summed E-state index contributed by atoms with van der Waals surface area (Å²) in [5, 5.41) is 4.86. The normalized spacial score (nSPS) is 16.4. The number of benzene rings is 1. The van der Waals surface area contributed by atoms with Gasteiger partial charge in [-0.05, 0) is 44.0 Å². The van der Waals surface area contributed by atoms with Gasteiger partial charge in [0.2, 0.25) is 0 Å². The maximum atomic E-state index is 13.7. The Morgan fingerprint density at radius 2 is 1.97 bits per heavy atom. The molecular weight excluding hydrogens is 364 g/mol. The van der Waals surface area contributed by atoms with Crippen molar-refractivity contribution >= 4 is 16.8 Å². The number of hydrogen-bond acceptors (Lipinski definition) is 5. The van der Waals surface area contributed by atoms with Gasteiger partial charge in [-0.1, -0.05) is 23.4 Å². The molecule has 144 valence electrons. The van der Waals surface area contributed by atoms with E-state index in [1.54, 1.807) is 12.4 Å². The molecule has 1 aliphatic rings. The maximum absolute atomic E-state index is 13.7. The van der Waals surface area contributed by atoms with Crippen molar-refractivity contribution in [2.24, 2.45) is 0 Å². The first-order chi connectivity index (χ1) is 14.2. The molecule has 6 nitrogen and oxygen atoms in total. The van der Waals surface area contributed by atoms with E-state index in [1.165, 1.54) is 0 Å². The largest absolute Gasteiger partial charge is 0.359 e. The Hall–Kier alpha value is -3.54. The molecule has 1 atom stereocenters. The molecule has 1 amide bonds. The molecule has 1 saturated heterocycles. The Morgan fingerprint density at radius 1 is 1.14 bits per heavy atom. The van der Waals surface area contributed by atoms with Crippen molar-refractivity contribution in [3.8, 4) is 11.3 Å². The van der Waals surface area contributed by atoms with Crippen LogP contribution in [0.2, 0.25) is 0 Å². The number of carbonyl (C=O) groups excluding carboxylic acids is 1. The smallest absolute Gasteiger partial charge is 0.255 e. The number of para-hydroxylation sites is 1. The molecule has 3 aromatic heterocycles. The summed E-state index contributed by atoms with van der Waals surface area (Å²) in [7, 11) is 0. The van der Waals surface area contributed by atoms with E-state index < -0.39 is 0 Å². The molecule has 4 heterocycles. The van der Waals surface area contributed by atoms with Gasteiger partial charge < -0.3 is 9.42 Å². The van der Waals surface area contributed by atoms with Crippen LogP contribution in [-0.4, -0.2) is 32.5 Å². The van der Waals surface area contributed by atoms with Gasteiger partial charge >= 0.3 is 0 Å². The van der Waals surface area contributed by atoms with Gasteiger partial charge in [-0.3, -0.25) is 9.78 Å². The molecule has 1 aliphatic heterocycles. The lowest BCUT2D eigenvalue weighted by molar-refractivity contribution is 0.0716. The summed E-state index contributed by atoms with van der Waals surface area (Å²) < 4.78 is 5.48. The Labute approximate surface area is 168 Å². The monoisotopic (exact) mass is 384 g/mol. The fourth-order valence-corrected chi connectivity index (χ4v) is 4.02. The number of rotatable bonds is 3. The fourth-order valence-electron chi connectivity index (χ4n) is 4.02. The van der Waals surface area contributed by atoms with Crippen LogP contribution < -0.4 is 0 Å². The van der Waals surface area contributed by atoms with E-state index in [1.807, 2.05) is 60.4 Å². The Bertz CT molecular complexity index is 1190. The highest BCUT2D eigenvalue weighted by Gasteiger charge is 2.34. The predicted molar refractivity (Wildman–Crippen MR) is 109 cm³/mol. The highest BCUT2D eigenvalue weighted by Crippen LogP contribution is 2.35. The average molecular weight is 384 g/mol. The number of hydrogen-bond donors (Lipinski definition) is 0. The number of pyridine rings is 2. The third-order valence-electron chi connectivity index (χ3n) is 5.41. The van der Waals surface area contributed by atoms with Crippen LogP contribution in [-0.2, 0) is 0 Å². The van der Waals surface area contributed by atoms with Gasteiger partial charge in [0.1, 0.15) is 0 Å². The quantitative estimate of drug-likeness (QED) is 0.517. The third-order valence-corrected chi connectivity index (χ3v) is 5.41. The lowest BCUT2D eigenvalue weighted by atomic mass is 10.0. The van der Waals surface area contributed by atoms with Gasteiger partial charge in [-0.15, -0.1) is 0 Å². The van der Waals surface area contributed by atoms with Crippen molar-refractivity contribution in [3.05, 3.63) is 77.9 Å². The van der Waals surface area contributed by atoms with E-state index in [0.29, 0.717) is 12.1 Å². The van der Waals surface area contributed by atoms with Crippen molar-refractivity contribution in [2.45, 2.75) is 25.8 Å². The summed E-state index contributed by atoms with van der Waals surface area (Å²) in [5.74, 6) is 0.747. The first kappa shape index (κ1) is 17.6. The number of nitrogens with zero attached hydrogens (tertiary/aromatic N) is 4. The summed E-state index contributed by atoms with van der Waals surface area (Å²) in [6.45, 7) is 2.59. The van der Waals surface area contributed by atoms with Gasteiger partial charge in [-0.2, -0.15) is 0 Å². The highest BCUT2D eigenvalue weighted by molar-refractivity contribution is 6.07. The SMILES string of the molecule is Cc1cc([C@H]2CCCN2C(=O)c2cc(-c3ccncc3)nc3ccccc23)on1. The van der Waals surface area contributed by atoms with Crippen LogP contribution >= 0.6 is 0 Å². The third kappa shape index (κ3) is 3.16. The van der Waals surface area contributed by atoms with Crippen LogP contribution in [0.15, 0.2) is 65.4 Å². The molecule has 1 aromatic carbocycles. The van der Waals surface area contributed by atoms with Crippen molar-refractivity contribution < 1.29 is 9.32 Å². The van der Waals surface area contributed by atoms with E-state index in [0.717, 1.165) is 46.5 Å². The Morgan fingerprint density at radius 3 is 2.76 bits per heavy atom. The molecule has 6 heteroatoms. The Kier molecular flexibility index (Phi) is 4.31. The molecule has 0 bridgehead atoms. The molecule has 4 aromatic rings. The minimum atomic E-state index is -0.0833. The van der Waals surface area contributed by atoms with Crippen LogP contribution in [0.3, 0.4) is 0 Å². The van der Waals surface area contributed by atoms with Crippen molar-refractivity contribution in [2.75, 3.05) is 6.54 Å². The number of likely N-dealkylation sites (tertiary alicyclic amines) is 1. The molecule has 0 radical (unpaired) electrons. The van der Waals surface area contributed by atoms with Crippen LogP contribution in [0, 0.1) is 6.92 Å².